The third kappa shape index (κ3) is 32.7. The number of benzene rings is 11. The summed E-state index contributed by atoms with van der Waals surface area (Å²) in [5.41, 5.74) is 34.4. The number of hydrogen-bond acceptors (Lipinski definition) is 28. The van der Waals surface area contributed by atoms with Gasteiger partial charge in [0, 0.05) is 84.1 Å². The Morgan fingerprint density at radius 2 is 0.836 bits per heavy atom. The number of nitrogens with one attached hydrogen (secondary N) is 4. The van der Waals surface area contributed by atoms with E-state index in [0.29, 0.717) is 103 Å². The van der Waals surface area contributed by atoms with Crippen molar-refractivity contribution in [2.24, 2.45) is 5.84 Å². The van der Waals surface area contributed by atoms with E-state index in [-0.39, 0.29) is 113 Å². The minimum absolute atomic E-state index is 0. The SMILES string of the molecule is C.C1CCOC1.CCOC(=O)c1cccc(OC)c1.CNC(=O)c1ccc(C)c(-n2ncc(C(=O)c3cccc(OC)c3)c2N)c1.CNC(=O)c1ccc(C)c(-n2ncc(C(=O)c3cccc(OC)c3)c2N)c1.COc1cccc(C(=O)/C(C#N)=C\Nc2ccccc2)c1.COc1cccc(C(=O)CC#N)c1.COc1cccc(C(C)c2cnn(-c3cc(C(=O)O)ccc3C)c2N)c1.Cc1ccc(C(=O)O)cc1NN.Cl. The summed E-state index contributed by atoms with van der Waals surface area (Å²) in [4.78, 5) is 106. The smallest absolute Gasteiger partial charge is 0.338 e. The third-order valence-corrected chi connectivity index (χ3v) is 21.7. The van der Waals surface area contributed by atoms with Gasteiger partial charge in [0.25, 0.3) is 11.8 Å². The molecule has 0 spiro atoms. The number of anilines is 5. The number of ether oxygens (including phenoxy) is 8. The lowest BCUT2D eigenvalue weighted by atomic mass is 9.95. The average Bonchev–Trinajstić information content (AvgIpc) is 1.65. The van der Waals surface area contributed by atoms with Crippen LogP contribution in [-0.2, 0) is 9.47 Å². The highest BCUT2D eigenvalue weighted by molar-refractivity contribution is 6.13. The number of nitrogens with zero attached hydrogens (tertiary/aromatic N) is 8. The van der Waals surface area contributed by atoms with Crippen LogP contribution < -0.4 is 72.8 Å². The number of halogens is 1. The number of aromatic nitrogens is 6. The number of para-hydroxylation sites is 1. The Morgan fingerprint density at radius 1 is 0.459 bits per heavy atom. The van der Waals surface area contributed by atoms with Gasteiger partial charge in [0.15, 0.2) is 17.3 Å². The number of methoxy groups -OCH3 is 6. The van der Waals surface area contributed by atoms with E-state index < -0.39 is 11.9 Å². The quantitative estimate of drug-likeness (QED) is 0.00544. The Morgan fingerprint density at radius 3 is 1.25 bits per heavy atom. The maximum Gasteiger partial charge on any atom is 0.338 e. The number of amides is 2. The summed E-state index contributed by atoms with van der Waals surface area (Å²) in [6, 6.07) is 75.0. The minimum atomic E-state index is -0.984. The second-order valence-corrected chi connectivity index (χ2v) is 31.2. The number of nitrogens with two attached hydrogens (primary N) is 4. The number of carboxylic acid groups (broad SMARTS) is 2. The second kappa shape index (κ2) is 58.8. The molecule has 1 aliphatic rings. The van der Waals surface area contributed by atoms with E-state index in [2.05, 4.69) is 36.7 Å². The summed E-state index contributed by atoms with van der Waals surface area (Å²) in [6.45, 7) is 13.7. The van der Waals surface area contributed by atoms with Gasteiger partial charge in [-0.3, -0.25) is 34.6 Å². The van der Waals surface area contributed by atoms with Crippen LogP contribution in [-0.4, -0.2) is 169 Å². The molecule has 1 atom stereocenters. The number of nitriles is 2. The van der Waals surface area contributed by atoms with Crippen molar-refractivity contribution in [3.05, 3.63) is 374 Å². The van der Waals surface area contributed by atoms with Crippen LogP contribution in [0.5, 0.6) is 34.5 Å². The summed E-state index contributed by atoms with van der Waals surface area (Å²) in [5.74, 6) is 6.20. The van der Waals surface area contributed by atoms with Gasteiger partial charge in [-0.25, -0.2) is 28.4 Å². The van der Waals surface area contributed by atoms with Gasteiger partial charge in [0.05, 0.1) is 131 Å². The Kier molecular flexibility index (Phi) is 46.9. The molecule has 35 nitrogen and oxygen atoms in total. The van der Waals surface area contributed by atoms with E-state index in [4.69, 9.17) is 76.6 Å². The number of carboxylic acids is 2. The molecule has 146 heavy (non-hydrogen) atoms. The molecule has 14 aromatic rings. The molecule has 0 bridgehead atoms. The molecule has 3 aromatic heterocycles. The number of nitrogen functional groups attached to an aromatic ring is 4. The first-order chi connectivity index (χ1) is 69.3. The topological polar surface area (TPSA) is 521 Å². The lowest BCUT2D eigenvalue weighted by molar-refractivity contribution is 0.0524. The molecule has 11 aromatic carbocycles. The molecule has 1 saturated heterocycles. The van der Waals surface area contributed by atoms with Crippen molar-refractivity contribution in [3.63, 3.8) is 0 Å². The zero-order valence-electron chi connectivity index (χ0n) is 82.4. The zero-order chi connectivity index (χ0) is 105. The monoisotopic (exact) mass is 2000 g/mol. The number of ketones is 4. The first-order valence-electron chi connectivity index (χ1n) is 44.7. The Labute approximate surface area is 853 Å². The summed E-state index contributed by atoms with van der Waals surface area (Å²) in [7, 11) is 12.5. The molecule has 14 N–H and O–H groups in total. The second-order valence-electron chi connectivity index (χ2n) is 31.2. The number of aromatic carboxylic acids is 2. The van der Waals surface area contributed by atoms with Crippen LogP contribution in [0.25, 0.3) is 17.1 Å². The maximum absolute atomic E-state index is 12.8. The largest absolute Gasteiger partial charge is 0.497 e. The fourth-order valence-electron chi connectivity index (χ4n) is 13.6. The van der Waals surface area contributed by atoms with Gasteiger partial charge in [-0.05, 0) is 215 Å². The molecule has 1 unspecified atom stereocenters. The highest BCUT2D eigenvalue weighted by Crippen LogP contribution is 2.34. The molecule has 15 rings (SSSR count). The number of esters is 1. The standard InChI is InChI=1S/2C20H20N4O3.C20H21N3O3.C17H14N2O2.C10H9NO2.C10H12O3.C8H10N2O2.C4H8O.CH4.ClH/c2*1-12-7-8-14(20(26)22-2)10-17(12)24-19(21)16(11-23-24)18(25)13-5-4-6-15(9-13)27-3;1-12-7-8-15(20(24)25)10-18(12)23-19(21)17(11-22-23)13(2)14-5-4-6-16(9-14)26-3;1-21-16-9-5-6-13(10-16)17(20)14(11-18)12-19-15-7-3-2-4-8-15;1-13-9-4-2-3-8(7-9)10(12)5-6-11;1-3-13-10(11)8-5-4-6-9(7-8)12-2;1-5-2-3-6(8(11)12)4-7(5)10-9;1-2-4-5-3-1;;/h2*4-11H,21H2,1-3H3,(H,22,26);4-11,13H,21H2,1-3H3,(H,24,25);2-10,12,19H,1H3;2-4,7H,5H2,1H3;4-7H,3H2,1-2H3;2-4,10H,9H2,1H3,(H,11,12);1-4H2;1H4;1H/b;;;14-12-;;;;;;. The highest BCUT2D eigenvalue weighted by Gasteiger charge is 2.25. The number of hydrogen-bond donors (Lipinski definition) is 10. The summed E-state index contributed by atoms with van der Waals surface area (Å²) in [5, 5.41) is 56.4. The summed E-state index contributed by atoms with van der Waals surface area (Å²) < 4.78 is 44.9. The van der Waals surface area contributed by atoms with E-state index in [1.54, 1.807) is 222 Å². The van der Waals surface area contributed by atoms with Crippen LogP contribution in [0.3, 0.4) is 0 Å². The summed E-state index contributed by atoms with van der Waals surface area (Å²) >= 11 is 0. The van der Waals surface area contributed by atoms with Crippen molar-refractivity contribution >= 4 is 94.1 Å². The molecular formula is C110H119ClN16O19. The van der Waals surface area contributed by atoms with Crippen LogP contribution in [0.15, 0.2) is 279 Å². The van der Waals surface area contributed by atoms with E-state index in [1.165, 1.54) is 75.3 Å². The predicted molar refractivity (Wildman–Crippen MR) is 563 cm³/mol. The molecule has 1 aliphatic heterocycles. The number of aryl methyl sites for hydroxylation is 4. The first-order valence-corrected chi connectivity index (χ1v) is 44.7. The molecule has 760 valence electrons. The zero-order valence-corrected chi connectivity index (χ0v) is 83.2. The van der Waals surface area contributed by atoms with Crippen molar-refractivity contribution in [1.82, 2.24) is 40.0 Å². The molecule has 0 aliphatic carbocycles. The number of carbonyl (C=O) groups is 9. The van der Waals surface area contributed by atoms with Crippen molar-refractivity contribution < 1.29 is 91.3 Å². The maximum atomic E-state index is 12.8. The Hall–Kier alpha value is -18.2. The third-order valence-electron chi connectivity index (χ3n) is 21.7. The number of Topliss-reactive ketones (excluding diaryl/α,β-unsaturated/α-hetero) is 2. The first kappa shape index (κ1) is 117. The molecule has 0 radical (unpaired) electrons. The van der Waals surface area contributed by atoms with Crippen molar-refractivity contribution in [1.29, 1.82) is 10.5 Å². The fourth-order valence-corrected chi connectivity index (χ4v) is 13.6. The van der Waals surface area contributed by atoms with Gasteiger partial charge >= 0.3 is 17.9 Å². The van der Waals surface area contributed by atoms with Gasteiger partial charge < -0.3 is 86.7 Å². The molecule has 1 fully saturated rings. The molecule has 2 amide bonds. The van der Waals surface area contributed by atoms with Gasteiger partial charge in [0.1, 0.15) is 63.6 Å². The number of rotatable bonds is 28. The molecule has 4 heterocycles. The fraction of sp³-hybridized carbons (Fsp3) is 0.200. The van der Waals surface area contributed by atoms with Gasteiger partial charge in [-0.2, -0.15) is 25.8 Å². The lowest BCUT2D eigenvalue weighted by Crippen LogP contribution is -2.18. The highest BCUT2D eigenvalue weighted by atomic mass is 35.5. The number of allylic oxidation sites excluding steroid dienone is 1. The van der Waals surface area contributed by atoms with Crippen LogP contribution in [0.1, 0.15) is 184 Å². The van der Waals surface area contributed by atoms with Gasteiger partial charge in [-0.15, -0.1) is 12.4 Å². The molecule has 0 saturated carbocycles. The Balaban J connectivity index is 0.000000263. The predicted octanol–water partition coefficient (Wildman–Crippen LogP) is 18.2. The van der Waals surface area contributed by atoms with Crippen molar-refractivity contribution in [2.45, 2.75) is 74.1 Å². The van der Waals surface area contributed by atoms with Gasteiger partial charge in [-0.1, -0.05) is 124 Å². The average molecular weight is 2000 g/mol. The van der Waals surface area contributed by atoms with Gasteiger partial charge in [0.2, 0.25) is 5.78 Å². The van der Waals surface area contributed by atoms with E-state index in [1.807, 2.05) is 113 Å². The van der Waals surface area contributed by atoms with Crippen LogP contribution in [0.4, 0.5) is 28.8 Å². The van der Waals surface area contributed by atoms with E-state index in [9.17, 15) is 48.3 Å². The van der Waals surface area contributed by atoms with E-state index in [0.717, 1.165) is 58.0 Å². The molecule has 36 heteroatoms. The number of carbonyl (C=O) groups excluding carboxylic acids is 7. The summed E-state index contributed by atoms with van der Waals surface area (Å²) in [6.07, 6.45) is 8.48. The minimum Gasteiger partial charge on any atom is -0.497 e. The van der Waals surface area contributed by atoms with Crippen molar-refractivity contribution in [3.8, 4) is 63.7 Å². The van der Waals surface area contributed by atoms with Crippen LogP contribution in [0, 0.1) is 50.4 Å². The van der Waals surface area contributed by atoms with Crippen molar-refractivity contribution in [2.75, 3.05) is 105 Å². The van der Waals surface area contributed by atoms with Crippen LogP contribution in [0.2, 0.25) is 0 Å². The normalized spacial score (nSPS) is 10.8. The van der Waals surface area contributed by atoms with Crippen LogP contribution >= 0.6 is 12.4 Å². The van der Waals surface area contributed by atoms with E-state index >= 15 is 0 Å². The lowest BCUT2D eigenvalue weighted by Gasteiger charge is -2.14. The molecular weight excluding hydrogens is 1880 g/mol. The number of hydrazine groups is 1. The Bertz CT molecular complexity index is 6790.